The maximum atomic E-state index is 12.2. The van der Waals surface area contributed by atoms with Crippen LogP contribution in [-0.4, -0.2) is 15.3 Å². The van der Waals surface area contributed by atoms with E-state index in [4.69, 9.17) is 4.42 Å². The van der Waals surface area contributed by atoms with Gasteiger partial charge >= 0.3 is 0 Å². The number of benzene rings is 2. The van der Waals surface area contributed by atoms with E-state index in [9.17, 15) is 20.1 Å². The first kappa shape index (κ1) is 13.1. The molecular formula is C16H12O5. The fraction of sp³-hybridized carbons (Fsp3) is 0.0625. The first-order valence-corrected chi connectivity index (χ1v) is 6.27. The zero-order chi connectivity index (χ0) is 15.1. The van der Waals surface area contributed by atoms with Crippen molar-refractivity contribution >= 4 is 11.0 Å². The van der Waals surface area contributed by atoms with E-state index in [1.165, 1.54) is 12.1 Å². The molecule has 0 radical (unpaired) electrons. The summed E-state index contributed by atoms with van der Waals surface area (Å²) in [7, 11) is 0. The smallest absolute Gasteiger partial charge is 0.238 e. The summed E-state index contributed by atoms with van der Waals surface area (Å²) < 4.78 is 5.51. The fourth-order valence-corrected chi connectivity index (χ4v) is 2.15. The van der Waals surface area contributed by atoms with Gasteiger partial charge in [0.2, 0.25) is 11.2 Å². The Labute approximate surface area is 119 Å². The van der Waals surface area contributed by atoms with Crippen LogP contribution in [-0.2, 0) is 0 Å². The molecule has 0 unspecified atom stereocenters. The third kappa shape index (κ3) is 1.99. The Morgan fingerprint density at radius 3 is 2.24 bits per heavy atom. The van der Waals surface area contributed by atoms with Crippen molar-refractivity contribution in [2.24, 2.45) is 0 Å². The molecule has 0 fully saturated rings. The second-order valence-corrected chi connectivity index (χ2v) is 4.78. The number of phenolic OH excluding ortho intramolecular Hbond substituents is 2. The molecule has 0 aliphatic carbocycles. The van der Waals surface area contributed by atoms with Crippen LogP contribution in [0.15, 0.2) is 45.6 Å². The number of fused-ring (bicyclic) bond motifs is 1. The lowest BCUT2D eigenvalue weighted by Gasteiger charge is -2.08. The molecule has 0 saturated heterocycles. The zero-order valence-corrected chi connectivity index (χ0v) is 11.1. The lowest BCUT2D eigenvalue weighted by Crippen LogP contribution is -2.03. The van der Waals surface area contributed by atoms with Crippen molar-refractivity contribution < 1.29 is 19.7 Å². The number of hydrogen-bond donors (Lipinski definition) is 3. The summed E-state index contributed by atoms with van der Waals surface area (Å²) in [5.74, 6) is -1.63. The van der Waals surface area contributed by atoms with E-state index in [1.54, 1.807) is 12.1 Å². The number of rotatable bonds is 1. The normalized spacial score (nSPS) is 10.9. The van der Waals surface area contributed by atoms with Crippen LogP contribution in [0.2, 0.25) is 0 Å². The summed E-state index contributed by atoms with van der Waals surface area (Å²) in [4.78, 5) is 12.2. The Bertz CT molecular complexity index is 891. The quantitative estimate of drug-likeness (QED) is 0.598. The summed E-state index contributed by atoms with van der Waals surface area (Å²) in [6.45, 7) is 1.92. The second kappa shape index (κ2) is 4.56. The van der Waals surface area contributed by atoms with Crippen LogP contribution in [0.1, 0.15) is 5.56 Å². The first-order chi connectivity index (χ1) is 9.99. The molecule has 5 heteroatoms. The summed E-state index contributed by atoms with van der Waals surface area (Å²) in [6.07, 6.45) is 0. The highest BCUT2D eigenvalue weighted by molar-refractivity contribution is 5.88. The Morgan fingerprint density at radius 2 is 1.57 bits per heavy atom. The van der Waals surface area contributed by atoms with E-state index in [1.807, 2.05) is 19.1 Å². The minimum absolute atomic E-state index is 0.0255. The molecule has 0 saturated carbocycles. The van der Waals surface area contributed by atoms with E-state index in [-0.39, 0.29) is 16.7 Å². The molecule has 21 heavy (non-hydrogen) atoms. The Morgan fingerprint density at radius 1 is 0.905 bits per heavy atom. The van der Waals surface area contributed by atoms with Crippen LogP contribution >= 0.6 is 0 Å². The van der Waals surface area contributed by atoms with E-state index in [2.05, 4.69) is 0 Å². The lowest BCUT2D eigenvalue weighted by atomic mass is 10.1. The summed E-state index contributed by atoms with van der Waals surface area (Å²) in [5.41, 5.74) is 0.873. The number of hydrogen-bond acceptors (Lipinski definition) is 5. The fourth-order valence-electron chi connectivity index (χ4n) is 2.15. The molecule has 5 nitrogen and oxygen atoms in total. The molecule has 1 aromatic heterocycles. The van der Waals surface area contributed by atoms with Crippen LogP contribution in [0.5, 0.6) is 17.2 Å². The van der Waals surface area contributed by atoms with Crippen LogP contribution in [0, 0.1) is 6.92 Å². The number of aromatic hydroxyl groups is 3. The molecule has 3 aromatic rings. The third-order valence-corrected chi connectivity index (χ3v) is 3.30. The van der Waals surface area contributed by atoms with Crippen molar-refractivity contribution in [1.82, 2.24) is 0 Å². The van der Waals surface area contributed by atoms with Gasteiger partial charge in [-0.2, -0.15) is 0 Å². The molecule has 0 atom stereocenters. The Kier molecular flexibility index (Phi) is 2.83. The van der Waals surface area contributed by atoms with Gasteiger partial charge in [-0.15, -0.1) is 0 Å². The SMILES string of the molecule is Cc1ccc(-c2oc3ccc(O)c(O)c3c(=O)c2O)cc1. The molecule has 0 aliphatic heterocycles. The van der Waals surface area contributed by atoms with Gasteiger partial charge in [-0.25, -0.2) is 0 Å². The molecule has 0 spiro atoms. The highest BCUT2D eigenvalue weighted by atomic mass is 16.4. The van der Waals surface area contributed by atoms with Crippen molar-refractivity contribution in [3.05, 3.63) is 52.2 Å². The van der Waals surface area contributed by atoms with Crippen LogP contribution < -0.4 is 5.43 Å². The number of aryl methyl sites for hydroxylation is 1. The molecule has 2 aromatic carbocycles. The molecule has 0 bridgehead atoms. The topological polar surface area (TPSA) is 90.9 Å². The van der Waals surface area contributed by atoms with Gasteiger partial charge < -0.3 is 19.7 Å². The van der Waals surface area contributed by atoms with Crippen LogP contribution in [0.4, 0.5) is 0 Å². The van der Waals surface area contributed by atoms with Crippen molar-refractivity contribution in [3.8, 4) is 28.6 Å². The van der Waals surface area contributed by atoms with Gasteiger partial charge in [-0.1, -0.05) is 29.8 Å². The van der Waals surface area contributed by atoms with Gasteiger partial charge in [-0.05, 0) is 19.1 Å². The van der Waals surface area contributed by atoms with Crippen molar-refractivity contribution in [1.29, 1.82) is 0 Å². The molecule has 3 N–H and O–H groups in total. The standard InChI is InChI=1S/C16H12O5/c1-8-2-4-9(5-3-8)16-15(20)14(19)12-11(21-16)7-6-10(17)13(12)18/h2-7,17-18,20H,1H3. The lowest BCUT2D eigenvalue weighted by molar-refractivity contribution is 0.405. The molecule has 106 valence electrons. The number of phenols is 2. The van der Waals surface area contributed by atoms with Crippen molar-refractivity contribution in [2.75, 3.05) is 0 Å². The van der Waals surface area contributed by atoms with Gasteiger partial charge in [0.15, 0.2) is 17.3 Å². The average Bonchev–Trinajstić information content (AvgIpc) is 2.47. The summed E-state index contributed by atoms with van der Waals surface area (Å²) in [6, 6.07) is 9.68. The van der Waals surface area contributed by atoms with Crippen molar-refractivity contribution in [2.45, 2.75) is 6.92 Å². The predicted molar refractivity (Wildman–Crippen MR) is 77.7 cm³/mol. The van der Waals surface area contributed by atoms with Crippen LogP contribution in [0.3, 0.4) is 0 Å². The predicted octanol–water partition coefficient (Wildman–Crippen LogP) is 2.89. The zero-order valence-electron chi connectivity index (χ0n) is 11.1. The minimum atomic E-state index is -0.791. The maximum absolute atomic E-state index is 12.2. The van der Waals surface area contributed by atoms with Gasteiger partial charge in [0.25, 0.3) is 0 Å². The maximum Gasteiger partial charge on any atom is 0.238 e. The van der Waals surface area contributed by atoms with Gasteiger partial charge in [0.1, 0.15) is 11.0 Å². The molecule has 0 amide bonds. The van der Waals surface area contributed by atoms with E-state index in [0.29, 0.717) is 5.56 Å². The summed E-state index contributed by atoms with van der Waals surface area (Å²) >= 11 is 0. The Hall–Kier alpha value is -2.95. The minimum Gasteiger partial charge on any atom is -0.504 e. The van der Waals surface area contributed by atoms with E-state index < -0.39 is 22.7 Å². The van der Waals surface area contributed by atoms with Gasteiger partial charge in [-0.3, -0.25) is 4.79 Å². The highest BCUT2D eigenvalue weighted by Gasteiger charge is 2.19. The first-order valence-electron chi connectivity index (χ1n) is 6.27. The molecule has 3 rings (SSSR count). The monoisotopic (exact) mass is 284 g/mol. The third-order valence-electron chi connectivity index (χ3n) is 3.30. The summed E-state index contributed by atoms with van der Waals surface area (Å²) in [5, 5.41) is 29.0. The molecular weight excluding hydrogens is 272 g/mol. The average molecular weight is 284 g/mol. The van der Waals surface area contributed by atoms with E-state index in [0.717, 1.165) is 5.56 Å². The van der Waals surface area contributed by atoms with Gasteiger partial charge in [0.05, 0.1) is 0 Å². The molecule has 1 heterocycles. The molecule has 0 aliphatic rings. The Balaban J connectivity index is 2.36. The van der Waals surface area contributed by atoms with Gasteiger partial charge in [0, 0.05) is 5.56 Å². The van der Waals surface area contributed by atoms with Crippen molar-refractivity contribution in [3.63, 3.8) is 0 Å². The van der Waals surface area contributed by atoms with Crippen LogP contribution in [0.25, 0.3) is 22.3 Å². The highest BCUT2D eigenvalue weighted by Crippen LogP contribution is 2.36. The van der Waals surface area contributed by atoms with E-state index >= 15 is 0 Å². The second-order valence-electron chi connectivity index (χ2n) is 4.78. The largest absolute Gasteiger partial charge is 0.504 e.